The summed E-state index contributed by atoms with van der Waals surface area (Å²) in [7, 11) is 0. The maximum Gasteiger partial charge on any atom is 0.254 e. The van der Waals surface area contributed by atoms with Gasteiger partial charge < -0.3 is 14.8 Å². The third-order valence-electron chi connectivity index (χ3n) is 4.34. The Morgan fingerprint density at radius 2 is 2.27 bits per heavy atom. The van der Waals surface area contributed by atoms with Crippen molar-refractivity contribution in [2.75, 3.05) is 13.2 Å². The Bertz CT molecular complexity index is 743. The normalized spacial score (nSPS) is 17.3. The molecule has 3 rings (SSSR count). The Labute approximate surface area is 154 Å². The Balaban J connectivity index is 1.53. The fourth-order valence-corrected chi connectivity index (χ4v) is 2.80. The average Bonchev–Trinajstić information content (AvgIpc) is 3.29. The summed E-state index contributed by atoms with van der Waals surface area (Å²) in [6, 6.07) is 7.78. The van der Waals surface area contributed by atoms with Gasteiger partial charge in [0.25, 0.3) is 5.91 Å². The molecule has 1 fully saturated rings. The lowest BCUT2D eigenvalue weighted by Crippen LogP contribution is -2.24. The molecule has 0 spiro atoms. The molecule has 2 aromatic rings. The molecule has 140 valence electrons. The van der Waals surface area contributed by atoms with Gasteiger partial charge in [0, 0.05) is 19.3 Å². The van der Waals surface area contributed by atoms with Crippen molar-refractivity contribution >= 4 is 5.91 Å². The molecule has 1 aliphatic heterocycles. The lowest BCUT2D eigenvalue weighted by Gasteiger charge is -2.18. The van der Waals surface area contributed by atoms with Crippen LogP contribution in [0.5, 0.6) is 5.75 Å². The van der Waals surface area contributed by atoms with E-state index < -0.39 is 0 Å². The number of hydrogen-bond acceptors (Lipinski definition) is 4. The number of hydrogen-bond donors (Lipinski definition) is 1. The Kier molecular flexibility index (Phi) is 5.61. The molecule has 1 aromatic heterocycles. The van der Waals surface area contributed by atoms with E-state index in [4.69, 9.17) is 9.47 Å². The summed E-state index contributed by atoms with van der Waals surface area (Å²) in [5, 5.41) is 7.20. The number of benzene rings is 1. The number of ether oxygens (including phenoxy) is 2. The number of carbonyl (C=O) groups is 1. The van der Waals surface area contributed by atoms with Crippen molar-refractivity contribution in [1.29, 1.82) is 0 Å². The van der Waals surface area contributed by atoms with Crippen LogP contribution >= 0.6 is 0 Å². The highest BCUT2D eigenvalue weighted by atomic mass is 16.5. The summed E-state index contributed by atoms with van der Waals surface area (Å²) in [6.45, 7) is 7.97. The van der Waals surface area contributed by atoms with Gasteiger partial charge in [-0.25, -0.2) is 0 Å². The standard InChI is InChI=1S/C20H27N3O3/c1-20(2,3)23-13-16(12-22-23)19(24)21-11-15-6-4-7-17(10-15)26-14-18-8-5-9-25-18/h4,6-7,10,12-13,18H,5,8-9,11,14H2,1-3H3,(H,21,24)/t18-/m1/s1. The maximum atomic E-state index is 12.3. The summed E-state index contributed by atoms with van der Waals surface area (Å²) in [4.78, 5) is 12.3. The molecular weight excluding hydrogens is 330 g/mol. The van der Waals surface area contributed by atoms with Crippen LogP contribution < -0.4 is 10.1 Å². The second-order valence-electron chi connectivity index (χ2n) is 7.62. The van der Waals surface area contributed by atoms with E-state index in [9.17, 15) is 4.79 Å². The van der Waals surface area contributed by atoms with Gasteiger partial charge in [-0.2, -0.15) is 5.10 Å². The van der Waals surface area contributed by atoms with E-state index in [2.05, 4.69) is 10.4 Å². The van der Waals surface area contributed by atoms with Gasteiger partial charge in [0.2, 0.25) is 0 Å². The first kappa shape index (κ1) is 18.5. The van der Waals surface area contributed by atoms with Crippen molar-refractivity contribution in [1.82, 2.24) is 15.1 Å². The van der Waals surface area contributed by atoms with E-state index in [1.54, 1.807) is 17.1 Å². The Morgan fingerprint density at radius 1 is 1.42 bits per heavy atom. The highest BCUT2D eigenvalue weighted by Crippen LogP contribution is 2.17. The summed E-state index contributed by atoms with van der Waals surface area (Å²) in [5.41, 5.74) is 1.41. The first-order valence-corrected chi connectivity index (χ1v) is 9.08. The number of carbonyl (C=O) groups excluding carboxylic acids is 1. The summed E-state index contributed by atoms with van der Waals surface area (Å²) in [5.74, 6) is 0.666. The van der Waals surface area contributed by atoms with Crippen LogP contribution in [0.4, 0.5) is 0 Å². The predicted octanol–water partition coefficient (Wildman–Crippen LogP) is 3.13. The van der Waals surface area contributed by atoms with Gasteiger partial charge >= 0.3 is 0 Å². The fourth-order valence-electron chi connectivity index (χ4n) is 2.80. The minimum absolute atomic E-state index is 0.133. The van der Waals surface area contributed by atoms with Crippen molar-refractivity contribution < 1.29 is 14.3 Å². The van der Waals surface area contributed by atoms with Crippen molar-refractivity contribution in [2.24, 2.45) is 0 Å². The Morgan fingerprint density at radius 3 is 2.96 bits per heavy atom. The molecule has 0 unspecified atom stereocenters. The molecule has 1 atom stereocenters. The lowest BCUT2D eigenvalue weighted by molar-refractivity contribution is 0.0679. The van der Waals surface area contributed by atoms with E-state index in [0.29, 0.717) is 18.7 Å². The van der Waals surface area contributed by atoms with Gasteiger partial charge in [0.1, 0.15) is 12.4 Å². The zero-order valence-electron chi connectivity index (χ0n) is 15.7. The maximum absolute atomic E-state index is 12.3. The molecule has 1 amide bonds. The molecule has 0 aliphatic carbocycles. The van der Waals surface area contributed by atoms with Crippen LogP contribution in [-0.2, 0) is 16.8 Å². The fraction of sp³-hybridized carbons (Fsp3) is 0.500. The highest BCUT2D eigenvalue weighted by Gasteiger charge is 2.17. The second-order valence-corrected chi connectivity index (χ2v) is 7.62. The van der Waals surface area contributed by atoms with Crippen molar-refractivity contribution in [3.63, 3.8) is 0 Å². The second kappa shape index (κ2) is 7.91. The molecule has 1 N–H and O–H groups in total. The molecule has 1 aromatic carbocycles. The zero-order valence-corrected chi connectivity index (χ0v) is 15.7. The molecule has 1 saturated heterocycles. The van der Waals surface area contributed by atoms with E-state index in [1.807, 2.05) is 45.0 Å². The molecule has 26 heavy (non-hydrogen) atoms. The van der Waals surface area contributed by atoms with E-state index >= 15 is 0 Å². The molecule has 6 nitrogen and oxygen atoms in total. The van der Waals surface area contributed by atoms with Crippen LogP contribution in [0.3, 0.4) is 0 Å². The number of nitrogens with zero attached hydrogens (tertiary/aromatic N) is 2. The number of aromatic nitrogens is 2. The minimum Gasteiger partial charge on any atom is -0.491 e. The third-order valence-corrected chi connectivity index (χ3v) is 4.34. The van der Waals surface area contributed by atoms with Crippen LogP contribution in [0, 0.1) is 0 Å². The quantitative estimate of drug-likeness (QED) is 0.863. The molecule has 2 heterocycles. The lowest BCUT2D eigenvalue weighted by atomic mass is 10.1. The first-order chi connectivity index (χ1) is 12.4. The molecule has 0 bridgehead atoms. The predicted molar refractivity (Wildman–Crippen MR) is 99.3 cm³/mol. The first-order valence-electron chi connectivity index (χ1n) is 9.08. The number of rotatable bonds is 6. The van der Waals surface area contributed by atoms with E-state index in [1.165, 1.54) is 0 Å². The van der Waals surface area contributed by atoms with Crippen LogP contribution in [0.25, 0.3) is 0 Å². The summed E-state index contributed by atoms with van der Waals surface area (Å²) >= 11 is 0. The average molecular weight is 357 g/mol. The molecular formula is C20H27N3O3. The third kappa shape index (κ3) is 4.85. The number of amides is 1. The van der Waals surface area contributed by atoms with Gasteiger partial charge in [0.05, 0.1) is 23.4 Å². The van der Waals surface area contributed by atoms with Gasteiger partial charge in [0.15, 0.2) is 0 Å². The SMILES string of the molecule is CC(C)(C)n1cc(C(=O)NCc2cccc(OC[C@H]3CCCO3)c2)cn1. The van der Waals surface area contributed by atoms with Crippen molar-refractivity contribution in [3.05, 3.63) is 47.8 Å². The van der Waals surface area contributed by atoms with Crippen LogP contribution in [-0.4, -0.2) is 35.0 Å². The monoisotopic (exact) mass is 357 g/mol. The molecule has 1 aliphatic rings. The topological polar surface area (TPSA) is 65.4 Å². The van der Waals surface area contributed by atoms with Gasteiger partial charge in [-0.1, -0.05) is 12.1 Å². The summed E-state index contributed by atoms with van der Waals surface area (Å²) < 4.78 is 13.2. The largest absolute Gasteiger partial charge is 0.491 e. The zero-order chi connectivity index (χ0) is 18.6. The van der Waals surface area contributed by atoms with Crippen LogP contribution in [0.15, 0.2) is 36.7 Å². The highest BCUT2D eigenvalue weighted by molar-refractivity contribution is 5.93. The van der Waals surface area contributed by atoms with E-state index in [0.717, 1.165) is 30.8 Å². The minimum atomic E-state index is -0.146. The van der Waals surface area contributed by atoms with Gasteiger partial charge in [-0.3, -0.25) is 9.48 Å². The molecule has 6 heteroatoms. The smallest absolute Gasteiger partial charge is 0.254 e. The summed E-state index contributed by atoms with van der Waals surface area (Å²) in [6.07, 6.45) is 5.72. The van der Waals surface area contributed by atoms with E-state index in [-0.39, 0.29) is 17.6 Å². The van der Waals surface area contributed by atoms with Crippen LogP contribution in [0.1, 0.15) is 49.5 Å². The molecule has 0 saturated carbocycles. The van der Waals surface area contributed by atoms with Crippen molar-refractivity contribution in [2.45, 2.75) is 51.8 Å². The van der Waals surface area contributed by atoms with Gasteiger partial charge in [-0.05, 0) is 51.3 Å². The Hall–Kier alpha value is -2.34. The van der Waals surface area contributed by atoms with Crippen LogP contribution in [0.2, 0.25) is 0 Å². The molecule has 0 radical (unpaired) electrons. The number of nitrogens with one attached hydrogen (secondary N) is 1. The van der Waals surface area contributed by atoms with Crippen molar-refractivity contribution in [3.8, 4) is 5.75 Å². The van der Waals surface area contributed by atoms with Gasteiger partial charge in [-0.15, -0.1) is 0 Å².